The highest BCUT2D eigenvalue weighted by atomic mass is 16.5. The van der Waals surface area contributed by atoms with Crippen molar-refractivity contribution < 1.29 is 9.32 Å². The van der Waals surface area contributed by atoms with E-state index < -0.39 is 5.91 Å². The zero-order chi connectivity index (χ0) is 12.3. The van der Waals surface area contributed by atoms with Crippen molar-refractivity contribution in [1.82, 2.24) is 15.4 Å². The fraction of sp³-hybridized carbons (Fsp3) is 0.111. The van der Waals surface area contributed by atoms with E-state index in [1.165, 1.54) is 12.1 Å². The van der Waals surface area contributed by atoms with Crippen LogP contribution in [0, 0.1) is 6.92 Å². The monoisotopic (exact) mass is 234 g/mol. The zero-order valence-electron chi connectivity index (χ0n) is 8.97. The zero-order valence-corrected chi connectivity index (χ0v) is 8.97. The molecule has 2 rings (SSSR count). The second-order valence-electron chi connectivity index (χ2n) is 3.23. The van der Waals surface area contributed by atoms with Gasteiger partial charge in [0.2, 0.25) is 0 Å². The summed E-state index contributed by atoms with van der Waals surface area (Å²) in [5.74, 6) is 6.01. The number of nitrogens with two attached hydrogens (primary N) is 1. The number of aromatic nitrogens is 3. The Morgan fingerprint density at radius 1 is 1.35 bits per heavy atom. The van der Waals surface area contributed by atoms with Crippen LogP contribution in [0.5, 0.6) is 0 Å². The molecular weight excluding hydrogens is 224 g/mol. The van der Waals surface area contributed by atoms with E-state index in [1.54, 1.807) is 13.0 Å². The van der Waals surface area contributed by atoms with Gasteiger partial charge in [-0.1, -0.05) is 5.16 Å². The van der Waals surface area contributed by atoms with Crippen LogP contribution in [0.1, 0.15) is 16.2 Å². The number of carbonyl (C=O) groups excluding carboxylic acids is 1. The Hall–Kier alpha value is -2.48. The highest BCUT2D eigenvalue weighted by Crippen LogP contribution is 2.08. The van der Waals surface area contributed by atoms with E-state index in [2.05, 4.69) is 26.1 Å². The molecule has 0 aliphatic carbocycles. The first-order chi connectivity index (χ1) is 8.19. The van der Waals surface area contributed by atoms with E-state index in [-0.39, 0.29) is 5.69 Å². The Morgan fingerprint density at radius 3 is 2.71 bits per heavy atom. The van der Waals surface area contributed by atoms with Gasteiger partial charge in [-0.2, -0.15) is 0 Å². The molecule has 2 aromatic rings. The Balaban J connectivity index is 2.09. The number of hydrogen-bond donors (Lipinski definition) is 3. The summed E-state index contributed by atoms with van der Waals surface area (Å²) in [7, 11) is 0. The molecule has 0 spiro atoms. The van der Waals surface area contributed by atoms with Gasteiger partial charge in [0.25, 0.3) is 5.91 Å². The lowest BCUT2D eigenvalue weighted by Gasteiger charge is -2.00. The molecule has 0 saturated carbocycles. The molecule has 88 valence electrons. The van der Waals surface area contributed by atoms with Crippen molar-refractivity contribution in [3.8, 4) is 0 Å². The summed E-state index contributed by atoms with van der Waals surface area (Å²) in [4.78, 5) is 11.7. The SMILES string of the molecule is Cc1cc(NC(=O)c2ccc(NN)nn2)no1. The molecule has 17 heavy (non-hydrogen) atoms. The third kappa shape index (κ3) is 2.55. The topological polar surface area (TPSA) is 119 Å². The average Bonchev–Trinajstić information content (AvgIpc) is 2.75. The Bertz CT molecular complexity index is 521. The third-order valence-electron chi connectivity index (χ3n) is 1.91. The maximum Gasteiger partial charge on any atom is 0.277 e. The lowest BCUT2D eigenvalue weighted by atomic mass is 10.3. The van der Waals surface area contributed by atoms with Gasteiger partial charge in [0.1, 0.15) is 5.76 Å². The molecule has 0 fully saturated rings. The van der Waals surface area contributed by atoms with Gasteiger partial charge in [-0.25, -0.2) is 5.84 Å². The summed E-state index contributed by atoms with van der Waals surface area (Å²) in [5, 5.41) is 13.5. The number of amides is 1. The number of aryl methyl sites for hydroxylation is 1. The molecule has 0 unspecified atom stereocenters. The van der Waals surface area contributed by atoms with Crippen LogP contribution in [-0.4, -0.2) is 21.3 Å². The number of nitrogens with zero attached hydrogens (tertiary/aromatic N) is 3. The van der Waals surface area contributed by atoms with Crippen LogP contribution in [0.4, 0.5) is 11.6 Å². The maximum atomic E-state index is 11.7. The van der Waals surface area contributed by atoms with Gasteiger partial charge in [-0.05, 0) is 19.1 Å². The van der Waals surface area contributed by atoms with Crippen LogP contribution in [0.15, 0.2) is 22.7 Å². The molecule has 0 aromatic carbocycles. The van der Waals surface area contributed by atoms with Gasteiger partial charge in [0, 0.05) is 6.07 Å². The van der Waals surface area contributed by atoms with E-state index in [1.807, 2.05) is 0 Å². The fourth-order valence-corrected chi connectivity index (χ4v) is 1.14. The van der Waals surface area contributed by atoms with E-state index in [4.69, 9.17) is 10.4 Å². The second-order valence-corrected chi connectivity index (χ2v) is 3.23. The fourth-order valence-electron chi connectivity index (χ4n) is 1.14. The summed E-state index contributed by atoms with van der Waals surface area (Å²) < 4.78 is 4.81. The van der Waals surface area contributed by atoms with Crippen molar-refractivity contribution in [2.45, 2.75) is 6.92 Å². The van der Waals surface area contributed by atoms with Crippen LogP contribution >= 0.6 is 0 Å². The minimum absolute atomic E-state index is 0.157. The molecule has 4 N–H and O–H groups in total. The molecule has 2 heterocycles. The first-order valence-electron chi connectivity index (χ1n) is 4.74. The lowest BCUT2D eigenvalue weighted by molar-refractivity contribution is 0.102. The van der Waals surface area contributed by atoms with Crippen LogP contribution < -0.4 is 16.6 Å². The third-order valence-corrected chi connectivity index (χ3v) is 1.91. The summed E-state index contributed by atoms with van der Waals surface area (Å²) in [5.41, 5.74) is 2.47. The molecule has 0 saturated heterocycles. The lowest BCUT2D eigenvalue weighted by Crippen LogP contribution is -2.16. The van der Waals surface area contributed by atoms with Crippen LogP contribution in [0.2, 0.25) is 0 Å². The molecule has 0 atom stereocenters. The standard InChI is InChI=1S/C9H10N6O2/c1-5-4-8(15-17-5)11-9(16)6-2-3-7(12-10)14-13-6/h2-4H,10H2,1H3,(H,12,14)(H,11,15,16). The molecule has 0 aliphatic rings. The summed E-state index contributed by atoms with van der Waals surface area (Å²) in [6, 6.07) is 4.63. The van der Waals surface area contributed by atoms with Crippen LogP contribution in [0.3, 0.4) is 0 Å². The van der Waals surface area contributed by atoms with Crippen LogP contribution in [0.25, 0.3) is 0 Å². The number of hydrazine groups is 1. The molecule has 0 bridgehead atoms. The van der Waals surface area contributed by atoms with Gasteiger partial charge in [0.15, 0.2) is 17.3 Å². The van der Waals surface area contributed by atoms with Gasteiger partial charge >= 0.3 is 0 Å². The molecule has 0 aliphatic heterocycles. The predicted octanol–water partition coefficient (Wildman–Crippen LogP) is 0.311. The highest BCUT2D eigenvalue weighted by Gasteiger charge is 2.10. The first-order valence-corrected chi connectivity index (χ1v) is 4.74. The smallest absolute Gasteiger partial charge is 0.277 e. The highest BCUT2D eigenvalue weighted by molar-refractivity contribution is 6.02. The predicted molar refractivity (Wildman–Crippen MR) is 59.0 cm³/mol. The average molecular weight is 234 g/mol. The molecule has 1 amide bonds. The van der Waals surface area contributed by atoms with E-state index in [9.17, 15) is 4.79 Å². The largest absolute Gasteiger partial charge is 0.360 e. The van der Waals surface area contributed by atoms with Crippen molar-refractivity contribution in [3.05, 3.63) is 29.7 Å². The van der Waals surface area contributed by atoms with Gasteiger partial charge in [-0.15, -0.1) is 10.2 Å². The van der Waals surface area contributed by atoms with E-state index >= 15 is 0 Å². The van der Waals surface area contributed by atoms with E-state index in [0.717, 1.165) is 0 Å². The van der Waals surface area contributed by atoms with Gasteiger partial charge < -0.3 is 15.3 Å². The van der Waals surface area contributed by atoms with E-state index in [0.29, 0.717) is 17.4 Å². The van der Waals surface area contributed by atoms with Crippen molar-refractivity contribution in [2.24, 2.45) is 5.84 Å². The van der Waals surface area contributed by atoms with Crippen molar-refractivity contribution >= 4 is 17.5 Å². The second kappa shape index (κ2) is 4.58. The Labute approximate surface area is 96.2 Å². The van der Waals surface area contributed by atoms with Gasteiger partial charge in [0.05, 0.1) is 0 Å². The molecule has 8 heteroatoms. The number of hydrogen-bond acceptors (Lipinski definition) is 7. The minimum Gasteiger partial charge on any atom is -0.360 e. The van der Waals surface area contributed by atoms with Crippen molar-refractivity contribution in [3.63, 3.8) is 0 Å². The van der Waals surface area contributed by atoms with Crippen molar-refractivity contribution in [1.29, 1.82) is 0 Å². The number of carbonyl (C=O) groups is 1. The van der Waals surface area contributed by atoms with Crippen molar-refractivity contribution in [2.75, 3.05) is 10.7 Å². The van der Waals surface area contributed by atoms with Gasteiger partial charge in [-0.3, -0.25) is 4.79 Å². The number of nitrogen functional groups attached to an aromatic ring is 1. The molecule has 8 nitrogen and oxygen atoms in total. The summed E-state index contributed by atoms with van der Waals surface area (Å²) in [6.07, 6.45) is 0. The summed E-state index contributed by atoms with van der Waals surface area (Å²) in [6.45, 7) is 1.73. The molecule has 2 aromatic heterocycles. The number of rotatable bonds is 3. The Kier molecular flexibility index (Phi) is 2.97. The normalized spacial score (nSPS) is 10.0. The quantitative estimate of drug-likeness (QED) is 0.516. The maximum absolute atomic E-state index is 11.7. The number of anilines is 2. The van der Waals surface area contributed by atoms with Crippen LogP contribution in [-0.2, 0) is 0 Å². The molecule has 0 radical (unpaired) electrons. The minimum atomic E-state index is -0.422. The molecular formula is C9H10N6O2. The Morgan fingerprint density at radius 2 is 2.18 bits per heavy atom. The summed E-state index contributed by atoms with van der Waals surface area (Å²) >= 11 is 0. The number of nitrogens with one attached hydrogen (secondary N) is 2. The first kappa shape index (κ1) is 11.0.